The van der Waals surface area contributed by atoms with Crippen LogP contribution in [-0.4, -0.2) is 49.2 Å². The maximum atomic E-state index is 12.8. The van der Waals surface area contributed by atoms with Gasteiger partial charge in [0.15, 0.2) is 0 Å². The van der Waals surface area contributed by atoms with E-state index in [4.69, 9.17) is 4.74 Å². The van der Waals surface area contributed by atoms with Crippen molar-refractivity contribution < 1.29 is 9.53 Å². The molecule has 2 heterocycles. The van der Waals surface area contributed by atoms with Crippen molar-refractivity contribution in [3.8, 4) is 0 Å². The fourth-order valence-electron chi connectivity index (χ4n) is 3.43. The molecule has 2 saturated heterocycles. The number of carbonyl (C=O) groups is 1. The summed E-state index contributed by atoms with van der Waals surface area (Å²) in [5, 5.41) is 3.47. The van der Waals surface area contributed by atoms with Crippen LogP contribution in [0.3, 0.4) is 0 Å². The van der Waals surface area contributed by atoms with Crippen molar-refractivity contribution in [3.05, 3.63) is 0 Å². The van der Waals surface area contributed by atoms with Crippen molar-refractivity contribution in [1.82, 2.24) is 10.2 Å². The molecule has 3 unspecified atom stereocenters. The monoisotopic (exact) mass is 268 g/mol. The van der Waals surface area contributed by atoms with Gasteiger partial charge in [-0.15, -0.1) is 0 Å². The molecular formula is C15H28N2O2. The molecule has 1 N–H and O–H groups in total. The number of nitrogens with one attached hydrogen (secondary N) is 1. The Labute approximate surface area is 116 Å². The summed E-state index contributed by atoms with van der Waals surface area (Å²) in [6, 6.07) is 0.418. The van der Waals surface area contributed by atoms with Crippen LogP contribution in [0.25, 0.3) is 0 Å². The quantitative estimate of drug-likeness (QED) is 0.845. The van der Waals surface area contributed by atoms with Crippen LogP contribution in [0.15, 0.2) is 0 Å². The van der Waals surface area contributed by atoms with Gasteiger partial charge in [0.2, 0.25) is 0 Å². The fraction of sp³-hybridized carbons (Fsp3) is 0.933. The van der Waals surface area contributed by atoms with Crippen molar-refractivity contribution >= 4 is 5.91 Å². The van der Waals surface area contributed by atoms with Crippen LogP contribution in [-0.2, 0) is 9.53 Å². The standard InChI is InChI=1S/C15H28N2O2/c1-4-15(2,19-3)14(18)17-10-6-8-13(17)12-7-5-9-16-11-12/h12-13,16H,4-11H2,1-3H3. The van der Waals surface area contributed by atoms with E-state index in [0.717, 1.165) is 38.9 Å². The predicted molar refractivity (Wildman–Crippen MR) is 76.0 cm³/mol. The van der Waals surface area contributed by atoms with E-state index in [1.54, 1.807) is 7.11 Å². The maximum absolute atomic E-state index is 12.8. The van der Waals surface area contributed by atoms with Crippen LogP contribution in [0.4, 0.5) is 0 Å². The molecule has 0 aromatic heterocycles. The average molecular weight is 268 g/mol. The Morgan fingerprint density at radius 1 is 1.42 bits per heavy atom. The third-order valence-corrected chi connectivity index (χ3v) is 5.02. The zero-order chi connectivity index (χ0) is 13.9. The highest BCUT2D eigenvalue weighted by Gasteiger charge is 2.42. The number of nitrogens with zero attached hydrogens (tertiary/aromatic N) is 1. The first kappa shape index (κ1) is 14.8. The summed E-state index contributed by atoms with van der Waals surface area (Å²) in [6.07, 6.45) is 5.50. The Morgan fingerprint density at radius 2 is 2.21 bits per heavy atom. The van der Waals surface area contributed by atoms with Gasteiger partial charge in [0, 0.05) is 19.7 Å². The SMILES string of the molecule is CCC(C)(OC)C(=O)N1CCCC1C1CCCNC1. The lowest BCUT2D eigenvalue weighted by Gasteiger charge is -2.38. The molecule has 2 fully saturated rings. The Balaban J connectivity index is 2.07. The van der Waals surface area contributed by atoms with E-state index in [-0.39, 0.29) is 5.91 Å². The molecule has 0 saturated carbocycles. The molecule has 0 spiro atoms. The van der Waals surface area contributed by atoms with Gasteiger partial charge in [0.25, 0.3) is 5.91 Å². The molecule has 0 radical (unpaired) electrons. The number of ether oxygens (including phenoxy) is 1. The maximum Gasteiger partial charge on any atom is 0.254 e. The molecule has 19 heavy (non-hydrogen) atoms. The molecule has 1 amide bonds. The number of piperidine rings is 1. The second-order valence-electron chi connectivity index (χ2n) is 6.10. The molecular weight excluding hydrogens is 240 g/mol. The van der Waals surface area contributed by atoms with Crippen LogP contribution in [0.2, 0.25) is 0 Å². The van der Waals surface area contributed by atoms with Crippen LogP contribution >= 0.6 is 0 Å². The number of hydrogen-bond donors (Lipinski definition) is 1. The van der Waals surface area contributed by atoms with E-state index in [9.17, 15) is 4.79 Å². The van der Waals surface area contributed by atoms with Gasteiger partial charge in [-0.2, -0.15) is 0 Å². The first-order valence-corrected chi connectivity index (χ1v) is 7.69. The molecule has 110 valence electrons. The van der Waals surface area contributed by atoms with Crippen molar-refractivity contribution in [2.24, 2.45) is 5.92 Å². The van der Waals surface area contributed by atoms with Crippen molar-refractivity contribution in [2.75, 3.05) is 26.7 Å². The van der Waals surface area contributed by atoms with Crippen molar-refractivity contribution in [2.45, 2.75) is 57.6 Å². The lowest BCUT2D eigenvalue weighted by molar-refractivity contribution is -0.155. The molecule has 4 nitrogen and oxygen atoms in total. The van der Waals surface area contributed by atoms with Gasteiger partial charge in [-0.05, 0) is 58.0 Å². The van der Waals surface area contributed by atoms with Gasteiger partial charge in [-0.1, -0.05) is 6.92 Å². The number of hydrogen-bond acceptors (Lipinski definition) is 3. The molecule has 2 aliphatic heterocycles. The highest BCUT2D eigenvalue weighted by Crippen LogP contribution is 2.31. The first-order chi connectivity index (χ1) is 9.12. The van der Waals surface area contributed by atoms with E-state index in [1.165, 1.54) is 12.8 Å². The van der Waals surface area contributed by atoms with Gasteiger partial charge in [0.1, 0.15) is 5.60 Å². The van der Waals surface area contributed by atoms with Crippen LogP contribution in [0, 0.1) is 5.92 Å². The lowest BCUT2D eigenvalue weighted by Crippen LogP contribution is -2.53. The minimum absolute atomic E-state index is 0.186. The van der Waals surface area contributed by atoms with Gasteiger partial charge >= 0.3 is 0 Å². The van der Waals surface area contributed by atoms with Crippen molar-refractivity contribution in [3.63, 3.8) is 0 Å². The molecule has 0 aliphatic carbocycles. The normalized spacial score (nSPS) is 31.2. The van der Waals surface area contributed by atoms with E-state index in [2.05, 4.69) is 10.2 Å². The molecule has 4 heteroatoms. The number of carbonyl (C=O) groups excluding carboxylic acids is 1. The molecule has 2 aliphatic rings. The van der Waals surface area contributed by atoms with Crippen LogP contribution in [0.1, 0.15) is 46.0 Å². The molecule has 0 aromatic rings. The topological polar surface area (TPSA) is 41.6 Å². The average Bonchev–Trinajstić information content (AvgIpc) is 2.95. The molecule has 0 aromatic carbocycles. The van der Waals surface area contributed by atoms with E-state index < -0.39 is 5.60 Å². The smallest absolute Gasteiger partial charge is 0.254 e. The third-order valence-electron chi connectivity index (χ3n) is 5.02. The lowest BCUT2D eigenvalue weighted by atomic mass is 9.89. The van der Waals surface area contributed by atoms with E-state index in [1.807, 2.05) is 13.8 Å². The van der Waals surface area contributed by atoms with Gasteiger partial charge in [-0.25, -0.2) is 0 Å². The largest absolute Gasteiger partial charge is 0.369 e. The summed E-state index contributed by atoms with van der Waals surface area (Å²) in [5.74, 6) is 0.809. The van der Waals surface area contributed by atoms with Gasteiger partial charge < -0.3 is 15.0 Å². The Kier molecular flexibility index (Phi) is 4.85. The first-order valence-electron chi connectivity index (χ1n) is 7.69. The minimum Gasteiger partial charge on any atom is -0.369 e. The Bertz CT molecular complexity index is 309. The van der Waals surface area contributed by atoms with E-state index in [0.29, 0.717) is 12.0 Å². The number of rotatable bonds is 4. The number of amides is 1. The van der Waals surface area contributed by atoms with Gasteiger partial charge in [-0.3, -0.25) is 4.79 Å². The Morgan fingerprint density at radius 3 is 2.79 bits per heavy atom. The number of methoxy groups -OCH3 is 1. The summed E-state index contributed by atoms with van der Waals surface area (Å²) in [4.78, 5) is 14.9. The minimum atomic E-state index is -0.648. The zero-order valence-corrected chi connectivity index (χ0v) is 12.6. The second-order valence-corrected chi connectivity index (χ2v) is 6.10. The summed E-state index contributed by atoms with van der Waals surface area (Å²) in [7, 11) is 1.65. The predicted octanol–water partition coefficient (Wildman–Crippen LogP) is 1.79. The van der Waals surface area contributed by atoms with Crippen LogP contribution < -0.4 is 5.32 Å². The highest BCUT2D eigenvalue weighted by atomic mass is 16.5. The summed E-state index contributed by atoms with van der Waals surface area (Å²) < 4.78 is 5.49. The summed E-state index contributed by atoms with van der Waals surface area (Å²) in [6.45, 7) is 7.03. The Hall–Kier alpha value is -0.610. The zero-order valence-electron chi connectivity index (χ0n) is 12.6. The van der Waals surface area contributed by atoms with Crippen LogP contribution in [0.5, 0.6) is 0 Å². The van der Waals surface area contributed by atoms with E-state index >= 15 is 0 Å². The van der Waals surface area contributed by atoms with Gasteiger partial charge in [0.05, 0.1) is 0 Å². The highest BCUT2D eigenvalue weighted by molar-refractivity contribution is 5.85. The molecule has 3 atom stereocenters. The second kappa shape index (κ2) is 6.23. The molecule has 2 rings (SSSR count). The third kappa shape index (κ3) is 2.95. The molecule has 0 bridgehead atoms. The summed E-state index contributed by atoms with van der Waals surface area (Å²) in [5.41, 5.74) is -0.648. The number of likely N-dealkylation sites (tertiary alicyclic amines) is 1. The van der Waals surface area contributed by atoms with Crippen molar-refractivity contribution in [1.29, 1.82) is 0 Å². The fourth-order valence-corrected chi connectivity index (χ4v) is 3.43. The summed E-state index contributed by atoms with van der Waals surface area (Å²) >= 11 is 0.